The largest absolute Gasteiger partial charge is 0.481 e. The highest BCUT2D eigenvalue weighted by Gasteiger charge is 2.39. The highest BCUT2D eigenvalue weighted by molar-refractivity contribution is 5.84. The molecule has 2 amide bonds. The van der Waals surface area contributed by atoms with E-state index in [1.165, 1.54) is 11.8 Å². The van der Waals surface area contributed by atoms with Gasteiger partial charge in [-0.15, -0.1) is 0 Å². The molecule has 1 aliphatic heterocycles. The molecule has 7 nitrogen and oxygen atoms in total. The van der Waals surface area contributed by atoms with E-state index in [0.717, 1.165) is 0 Å². The van der Waals surface area contributed by atoms with Crippen molar-refractivity contribution in [3.63, 3.8) is 0 Å². The summed E-state index contributed by atoms with van der Waals surface area (Å²) < 4.78 is 4.80. The number of ether oxygens (including phenoxy) is 1. The van der Waals surface area contributed by atoms with Crippen LogP contribution in [0.3, 0.4) is 0 Å². The second-order valence-corrected chi connectivity index (χ2v) is 5.31. The fourth-order valence-electron chi connectivity index (χ4n) is 2.19. The number of esters is 1. The quantitative estimate of drug-likeness (QED) is 0.746. The fraction of sp³-hybridized carbons (Fsp3) is 0.769. The van der Waals surface area contributed by atoms with Crippen molar-refractivity contribution in [2.75, 3.05) is 19.7 Å². The summed E-state index contributed by atoms with van der Waals surface area (Å²) in [5.74, 6) is -1.41. The lowest BCUT2D eigenvalue weighted by Gasteiger charge is -2.37. The van der Waals surface area contributed by atoms with Gasteiger partial charge in [0.2, 0.25) is 0 Å². The summed E-state index contributed by atoms with van der Waals surface area (Å²) in [6.07, 6.45) is 1.17. The summed E-state index contributed by atoms with van der Waals surface area (Å²) in [7, 11) is 0. The molecule has 0 aromatic heterocycles. The van der Waals surface area contributed by atoms with Crippen LogP contribution in [0, 0.1) is 5.41 Å². The predicted molar refractivity (Wildman–Crippen MR) is 71.2 cm³/mol. The van der Waals surface area contributed by atoms with Gasteiger partial charge in [0.25, 0.3) is 0 Å². The van der Waals surface area contributed by atoms with Gasteiger partial charge in [-0.3, -0.25) is 4.79 Å². The Hall–Kier alpha value is -1.79. The van der Waals surface area contributed by atoms with E-state index in [9.17, 15) is 19.5 Å². The number of carbonyl (C=O) groups excluding carboxylic acids is 2. The van der Waals surface area contributed by atoms with Crippen LogP contribution in [0.15, 0.2) is 0 Å². The average molecular weight is 286 g/mol. The van der Waals surface area contributed by atoms with Gasteiger partial charge in [-0.2, -0.15) is 0 Å². The van der Waals surface area contributed by atoms with Gasteiger partial charge in [0.1, 0.15) is 6.04 Å². The number of nitrogens with one attached hydrogen (secondary N) is 1. The van der Waals surface area contributed by atoms with Gasteiger partial charge in [0.15, 0.2) is 0 Å². The molecule has 0 aromatic rings. The molecule has 1 fully saturated rings. The molecular formula is C13H22N2O5. The van der Waals surface area contributed by atoms with Crippen molar-refractivity contribution < 1.29 is 24.2 Å². The van der Waals surface area contributed by atoms with Crippen molar-refractivity contribution in [1.82, 2.24) is 10.2 Å². The van der Waals surface area contributed by atoms with Crippen molar-refractivity contribution in [3.8, 4) is 0 Å². The molecule has 0 aliphatic carbocycles. The van der Waals surface area contributed by atoms with Gasteiger partial charge < -0.3 is 20.1 Å². The van der Waals surface area contributed by atoms with Crippen LogP contribution in [-0.2, 0) is 14.3 Å². The molecule has 0 radical (unpaired) electrons. The van der Waals surface area contributed by atoms with Crippen molar-refractivity contribution in [3.05, 3.63) is 0 Å². The summed E-state index contributed by atoms with van der Waals surface area (Å²) in [4.78, 5) is 36.2. The number of piperidine rings is 1. The highest BCUT2D eigenvalue weighted by Crippen LogP contribution is 2.29. The summed E-state index contributed by atoms with van der Waals surface area (Å²) in [6.45, 7) is 5.74. The Morgan fingerprint density at radius 3 is 2.65 bits per heavy atom. The molecule has 1 saturated heterocycles. The molecule has 0 spiro atoms. The van der Waals surface area contributed by atoms with Gasteiger partial charge in [0, 0.05) is 13.1 Å². The molecule has 7 heteroatoms. The van der Waals surface area contributed by atoms with E-state index in [0.29, 0.717) is 19.4 Å². The van der Waals surface area contributed by atoms with Crippen LogP contribution in [0.1, 0.15) is 33.6 Å². The van der Waals surface area contributed by atoms with Crippen LogP contribution in [0.2, 0.25) is 0 Å². The van der Waals surface area contributed by atoms with Crippen LogP contribution in [0.25, 0.3) is 0 Å². The molecule has 2 atom stereocenters. The van der Waals surface area contributed by atoms with E-state index >= 15 is 0 Å². The van der Waals surface area contributed by atoms with Gasteiger partial charge in [0.05, 0.1) is 12.0 Å². The SMILES string of the molecule is CCOC(=O)C(C)NC(=O)N1CCCC(C)(C(=O)O)C1. The number of aliphatic carboxylic acids is 1. The zero-order valence-corrected chi connectivity index (χ0v) is 12.1. The number of urea groups is 1. The Labute approximate surface area is 118 Å². The molecule has 0 bridgehead atoms. The van der Waals surface area contributed by atoms with Crippen LogP contribution in [-0.4, -0.2) is 53.7 Å². The third-order valence-corrected chi connectivity index (χ3v) is 3.48. The van der Waals surface area contributed by atoms with Crippen LogP contribution >= 0.6 is 0 Å². The molecule has 0 saturated carbocycles. The molecule has 1 aliphatic rings. The molecule has 2 unspecified atom stereocenters. The Morgan fingerprint density at radius 1 is 1.45 bits per heavy atom. The third-order valence-electron chi connectivity index (χ3n) is 3.48. The van der Waals surface area contributed by atoms with Gasteiger partial charge in [-0.1, -0.05) is 0 Å². The Morgan fingerprint density at radius 2 is 2.10 bits per heavy atom. The Balaban J connectivity index is 2.59. The maximum absolute atomic E-state index is 12.0. The first-order valence-electron chi connectivity index (χ1n) is 6.75. The average Bonchev–Trinajstić information content (AvgIpc) is 2.38. The smallest absolute Gasteiger partial charge is 0.328 e. The van der Waals surface area contributed by atoms with E-state index in [-0.39, 0.29) is 13.2 Å². The number of amides is 2. The van der Waals surface area contributed by atoms with Crippen LogP contribution in [0.5, 0.6) is 0 Å². The highest BCUT2D eigenvalue weighted by atomic mass is 16.5. The number of carbonyl (C=O) groups is 3. The van der Waals surface area contributed by atoms with Gasteiger partial charge >= 0.3 is 18.0 Å². The van der Waals surface area contributed by atoms with E-state index < -0.39 is 29.4 Å². The maximum atomic E-state index is 12.0. The molecular weight excluding hydrogens is 264 g/mol. The molecule has 1 heterocycles. The lowest BCUT2D eigenvalue weighted by Crippen LogP contribution is -2.54. The zero-order valence-electron chi connectivity index (χ0n) is 12.1. The summed E-state index contributed by atoms with van der Waals surface area (Å²) in [5, 5.41) is 11.7. The normalized spacial score (nSPS) is 23.9. The van der Waals surface area contributed by atoms with Crippen molar-refractivity contribution >= 4 is 18.0 Å². The molecule has 0 aromatic carbocycles. The lowest BCUT2D eigenvalue weighted by molar-refractivity contribution is -0.150. The first-order chi connectivity index (χ1) is 9.30. The number of hydrogen-bond acceptors (Lipinski definition) is 4. The topological polar surface area (TPSA) is 95.9 Å². The standard InChI is InChI=1S/C13H22N2O5/c1-4-20-10(16)9(2)14-12(19)15-7-5-6-13(3,8-15)11(17)18/h9H,4-8H2,1-3H3,(H,14,19)(H,17,18). The molecule has 2 N–H and O–H groups in total. The number of hydrogen-bond donors (Lipinski definition) is 2. The summed E-state index contributed by atoms with van der Waals surface area (Å²) in [5.41, 5.74) is -0.928. The maximum Gasteiger partial charge on any atom is 0.328 e. The van der Waals surface area contributed by atoms with Crippen molar-refractivity contribution in [2.45, 2.75) is 39.7 Å². The summed E-state index contributed by atoms with van der Waals surface area (Å²) in [6, 6.07) is -1.18. The van der Waals surface area contributed by atoms with Crippen molar-refractivity contribution in [2.24, 2.45) is 5.41 Å². The Kier molecular flexibility index (Phi) is 5.35. The Bertz CT molecular complexity index is 398. The number of carboxylic acid groups (broad SMARTS) is 1. The molecule has 1 rings (SSSR count). The van der Waals surface area contributed by atoms with E-state index in [1.807, 2.05) is 0 Å². The van der Waals surface area contributed by atoms with E-state index in [1.54, 1.807) is 13.8 Å². The lowest BCUT2D eigenvalue weighted by atomic mass is 9.82. The second-order valence-electron chi connectivity index (χ2n) is 5.31. The number of likely N-dealkylation sites (tertiary alicyclic amines) is 1. The number of nitrogens with zero attached hydrogens (tertiary/aromatic N) is 1. The van der Waals surface area contributed by atoms with E-state index in [4.69, 9.17) is 4.74 Å². The van der Waals surface area contributed by atoms with Crippen LogP contribution < -0.4 is 5.32 Å². The predicted octanol–water partition coefficient (Wildman–Crippen LogP) is 0.834. The van der Waals surface area contributed by atoms with E-state index in [2.05, 4.69) is 5.32 Å². The van der Waals surface area contributed by atoms with Crippen LogP contribution in [0.4, 0.5) is 4.79 Å². The monoisotopic (exact) mass is 286 g/mol. The molecule has 114 valence electrons. The molecule has 20 heavy (non-hydrogen) atoms. The minimum absolute atomic E-state index is 0.143. The van der Waals surface area contributed by atoms with Gasteiger partial charge in [-0.25, -0.2) is 9.59 Å². The fourth-order valence-corrected chi connectivity index (χ4v) is 2.19. The van der Waals surface area contributed by atoms with Crippen molar-refractivity contribution in [1.29, 1.82) is 0 Å². The number of rotatable bonds is 4. The zero-order chi connectivity index (χ0) is 15.3. The first kappa shape index (κ1) is 16.3. The van der Waals surface area contributed by atoms with Gasteiger partial charge in [-0.05, 0) is 33.6 Å². The number of carboxylic acids is 1. The minimum atomic E-state index is -0.928. The minimum Gasteiger partial charge on any atom is -0.481 e. The third kappa shape index (κ3) is 3.85. The first-order valence-corrected chi connectivity index (χ1v) is 6.75. The second kappa shape index (κ2) is 6.58. The summed E-state index contributed by atoms with van der Waals surface area (Å²) >= 11 is 0.